The molecular formula is C24H24Cl3SiZr. The van der Waals surface area contributed by atoms with E-state index in [4.69, 9.17) is 11.1 Å². The summed E-state index contributed by atoms with van der Waals surface area (Å²) in [5.41, 5.74) is 7.41. The fraction of sp³-hybridized carbons (Fsp3) is 0.292. The first-order valence-electron chi connectivity index (χ1n) is 9.64. The molecule has 0 aromatic heterocycles. The summed E-state index contributed by atoms with van der Waals surface area (Å²) in [4.78, 5) is 0. The Labute approximate surface area is 210 Å². The maximum absolute atomic E-state index is 7.29. The van der Waals surface area contributed by atoms with Crippen LogP contribution in [0.15, 0.2) is 53.1 Å². The van der Waals surface area contributed by atoms with Gasteiger partial charge in [-0.3, -0.25) is 0 Å². The van der Waals surface area contributed by atoms with Crippen molar-refractivity contribution in [3.05, 3.63) is 58.7 Å². The Balaban J connectivity index is 0.000001000. The van der Waals surface area contributed by atoms with Gasteiger partial charge in [-0.15, -0.1) is 33.7 Å². The van der Waals surface area contributed by atoms with Gasteiger partial charge in [0.05, 0.1) is 0 Å². The van der Waals surface area contributed by atoms with E-state index in [-0.39, 0.29) is 51.0 Å². The molecule has 0 fully saturated rings. The van der Waals surface area contributed by atoms with Gasteiger partial charge in [0.1, 0.15) is 0 Å². The molecule has 1 aliphatic heterocycles. The van der Waals surface area contributed by atoms with Gasteiger partial charge in [0, 0.05) is 5.92 Å². The SMILES string of the molecule is CC[Si]1(Cl)c2c(C3=C(C)C(C)=C(C)C3C)cc3c([cH-]c4ccccc43)c21.[Cl-].[Cl-].[Zr+3]. The Hall–Kier alpha value is -0.240. The Bertz CT molecular complexity index is 1190. The smallest absolute Gasteiger partial charge is 1.00 e. The number of hydrogen-bond acceptors (Lipinski definition) is 0. The van der Waals surface area contributed by atoms with E-state index in [1.807, 2.05) is 0 Å². The third-order valence-corrected chi connectivity index (χ3v) is 12.4. The van der Waals surface area contributed by atoms with Crippen LogP contribution in [0.3, 0.4) is 0 Å². The third-order valence-electron chi connectivity index (χ3n) is 7.07. The van der Waals surface area contributed by atoms with Crippen molar-refractivity contribution >= 4 is 56.0 Å². The molecule has 3 aromatic rings. The van der Waals surface area contributed by atoms with Crippen molar-refractivity contribution in [2.75, 3.05) is 0 Å². The van der Waals surface area contributed by atoms with Crippen molar-refractivity contribution in [1.82, 2.24) is 0 Å². The van der Waals surface area contributed by atoms with E-state index in [0.29, 0.717) is 5.92 Å². The van der Waals surface area contributed by atoms with Crippen molar-refractivity contribution in [2.24, 2.45) is 5.92 Å². The third kappa shape index (κ3) is 3.21. The Morgan fingerprint density at radius 2 is 1.66 bits per heavy atom. The molecule has 5 heteroatoms. The van der Waals surface area contributed by atoms with Crippen LogP contribution in [0.4, 0.5) is 0 Å². The Morgan fingerprint density at radius 1 is 1.00 bits per heavy atom. The van der Waals surface area contributed by atoms with Gasteiger partial charge in [-0.25, -0.2) is 0 Å². The van der Waals surface area contributed by atoms with E-state index in [0.717, 1.165) is 6.04 Å². The molecule has 5 rings (SSSR count). The molecule has 149 valence electrons. The summed E-state index contributed by atoms with van der Waals surface area (Å²) in [6.45, 7) is 11.5. The van der Waals surface area contributed by atoms with Gasteiger partial charge < -0.3 is 24.8 Å². The molecule has 0 saturated carbocycles. The van der Waals surface area contributed by atoms with Gasteiger partial charge in [-0.2, -0.15) is 11.1 Å². The minimum absolute atomic E-state index is 0. The molecule has 0 nitrogen and oxygen atoms in total. The van der Waals surface area contributed by atoms with Gasteiger partial charge in [0.25, 0.3) is 0 Å². The van der Waals surface area contributed by atoms with Crippen LogP contribution >= 0.6 is 11.1 Å². The normalized spacial score (nSPS) is 22.3. The number of benzene rings is 2. The Morgan fingerprint density at radius 3 is 2.24 bits per heavy atom. The van der Waals surface area contributed by atoms with Gasteiger partial charge in [0.15, 0.2) is 7.38 Å². The Kier molecular flexibility index (Phi) is 7.21. The minimum atomic E-state index is -1.94. The van der Waals surface area contributed by atoms with E-state index in [2.05, 4.69) is 71.0 Å². The zero-order chi connectivity index (χ0) is 18.4. The predicted octanol–water partition coefficient (Wildman–Crippen LogP) is 0.109. The zero-order valence-electron chi connectivity index (χ0n) is 17.4. The molecule has 2 aliphatic rings. The number of rotatable bonds is 2. The summed E-state index contributed by atoms with van der Waals surface area (Å²) in [7, 11) is -1.94. The van der Waals surface area contributed by atoms with Gasteiger partial charge in [-0.1, -0.05) is 54.1 Å². The fourth-order valence-electron chi connectivity index (χ4n) is 5.18. The van der Waals surface area contributed by atoms with Crippen LogP contribution in [-0.2, 0) is 26.2 Å². The minimum Gasteiger partial charge on any atom is -1.00 e. The standard InChI is InChI=1S/C24H24ClSi.2ClH.Zr/c1-6-26(25)23-20-11-17-9-7-8-10-18(17)19(20)12-21(24(23)26)22-15(4)13(2)14(3)16(22)5;;;/h7-12,15H,6H2,1-5H3;2*1H;/q-1;;;+3/p-2. The monoisotopic (exact) mass is 535 g/mol. The van der Waals surface area contributed by atoms with E-state index in [9.17, 15) is 0 Å². The van der Waals surface area contributed by atoms with Gasteiger partial charge in [-0.05, 0) is 49.1 Å². The molecule has 1 aliphatic carbocycles. The maximum Gasteiger partial charge on any atom is 3.00 e. The molecule has 2 unspecified atom stereocenters. The quantitative estimate of drug-likeness (QED) is 0.247. The first-order valence-corrected chi connectivity index (χ1v) is 12.9. The molecule has 0 spiro atoms. The second-order valence-corrected chi connectivity index (χ2v) is 13.3. The summed E-state index contributed by atoms with van der Waals surface area (Å²) < 4.78 is 0. The van der Waals surface area contributed by atoms with Crippen molar-refractivity contribution in [3.63, 3.8) is 0 Å². The topological polar surface area (TPSA) is 0 Å². The average molecular weight is 538 g/mol. The number of hydrogen-bond donors (Lipinski definition) is 0. The van der Waals surface area contributed by atoms with Crippen LogP contribution in [0, 0.1) is 5.92 Å². The largest absolute Gasteiger partial charge is 3.00 e. The second kappa shape index (κ2) is 8.36. The van der Waals surface area contributed by atoms with Crippen molar-refractivity contribution < 1.29 is 51.0 Å². The van der Waals surface area contributed by atoms with Crippen molar-refractivity contribution in [3.8, 4) is 0 Å². The molecule has 0 amide bonds. The number of halogens is 3. The summed E-state index contributed by atoms with van der Waals surface area (Å²) >= 11 is 7.29. The van der Waals surface area contributed by atoms with E-state index in [1.54, 1.807) is 0 Å². The number of allylic oxidation sites excluding steroid dienone is 4. The molecule has 3 aromatic carbocycles. The van der Waals surface area contributed by atoms with E-state index >= 15 is 0 Å². The molecule has 2 atom stereocenters. The molecule has 29 heavy (non-hydrogen) atoms. The van der Waals surface area contributed by atoms with Crippen LogP contribution in [0.1, 0.15) is 40.2 Å². The van der Waals surface area contributed by atoms with Crippen molar-refractivity contribution in [2.45, 2.75) is 40.7 Å². The summed E-state index contributed by atoms with van der Waals surface area (Å²) in [6, 6.07) is 14.7. The van der Waals surface area contributed by atoms with Crippen LogP contribution in [0.2, 0.25) is 6.04 Å². The molecule has 1 heterocycles. The van der Waals surface area contributed by atoms with Crippen molar-refractivity contribution in [1.29, 1.82) is 0 Å². The second-order valence-electron chi connectivity index (χ2n) is 8.09. The maximum atomic E-state index is 7.29. The fourth-order valence-corrected chi connectivity index (χ4v) is 9.75. The summed E-state index contributed by atoms with van der Waals surface area (Å²) in [5, 5.41) is 8.56. The summed E-state index contributed by atoms with van der Waals surface area (Å²) in [6.07, 6.45) is 0. The van der Waals surface area contributed by atoms with Crippen LogP contribution in [-0.4, -0.2) is 7.38 Å². The summed E-state index contributed by atoms with van der Waals surface area (Å²) in [5.74, 6) is 0.491. The molecule has 1 radical (unpaired) electrons. The van der Waals surface area contributed by atoms with Gasteiger partial charge >= 0.3 is 26.2 Å². The zero-order valence-corrected chi connectivity index (χ0v) is 23.1. The first-order chi connectivity index (χ1) is 12.4. The van der Waals surface area contributed by atoms with Gasteiger partial charge in [0.2, 0.25) is 0 Å². The predicted molar refractivity (Wildman–Crippen MR) is 119 cm³/mol. The van der Waals surface area contributed by atoms with E-state index < -0.39 is 7.38 Å². The molecule has 0 saturated heterocycles. The first kappa shape index (κ1) is 25.0. The van der Waals surface area contributed by atoms with Crippen LogP contribution in [0.25, 0.3) is 27.1 Å². The molecular weight excluding hydrogens is 514 g/mol. The molecule has 0 N–H and O–H groups in total. The average Bonchev–Trinajstić information content (AvgIpc) is 3.03. The van der Waals surface area contributed by atoms with Crippen LogP contribution in [0.5, 0.6) is 0 Å². The van der Waals surface area contributed by atoms with E-state index in [1.165, 1.54) is 59.8 Å². The number of fused-ring (bicyclic) bond motifs is 5. The van der Waals surface area contributed by atoms with Crippen LogP contribution < -0.4 is 35.2 Å². The molecule has 0 bridgehead atoms.